The Morgan fingerprint density at radius 2 is 1.92 bits per heavy atom. The number of carbonyl (C=O) groups excluding carboxylic acids is 2. The third-order valence-electron chi connectivity index (χ3n) is 4.40. The maximum absolute atomic E-state index is 12.5. The topological polar surface area (TPSA) is 99.3 Å². The van der Waals surface area contributed by atoms with Gasteiger partial charge < -0.3 is 14.5 Å². The molecule has 0 aromatic heterocycles. The average Bonchev–Trinajstić information content (AvgIpc) is 2.89. The number of nitrogens with one attached hydrogen (secondary N) is 1. The van der Waals surface area contributed by atoms with Gasteiger partial charge in [-0.05, 0) is 13.5 Å². The lowest BCUT2D eigenvalue weighted by Crippen LogP contribution is -2.57. The molecule has 0 aromatic rings. The van der Waals surface area contributed by atoms with E-state index in [1.165, 1.54) is 12.0 Å². The van der Waals surface area contributed by atoms with Crippen molar-refractivity contribution in [2.45, 2.75) is 12.5 Å². The molecule has 2 amide bonds. The number of sulfone groups is 1. The number of rotatable bonds is 5. The monoisotopic (exact) mass is 362 g/mol. The van der Waals surface area contributed by atoms with Gasteiger partial charge in [-0.1, -0.05) is 0 Å². The van der Waals surface area contributed by atoms with Crippen LogP contribution in [0.2, 0.25) is 0 Å². The van der Waals surface area contributed by atoms with Gasteiger partial charge >= 0.3 is 11.8 Å². The molecule has 2 rings (SSSR count). The van der Waals surface area contributed by atoms with Crippen molar-refractivity contribution in [1.82, 2.24) is 20.2 Å². The summed E-state index contributed by atoms with van der Waals surface area (Å²) in [5.74, 6) is -1.47. The van der Waals surface area contributed by atoms with Crippen molar-refractivity contribution in [2.24, 2.45) is 0 Å². The summed E-state index contributed by atoms with van der Waals surface area (Å²) in [4.78, 5) is 28.2. The molecule has 10 heteroatoms. The molecule has 1 N–H and O–H groups in total. The second-order valence-corrected chi connectivity index (χ2v) is 8.51. The smallest absolute Gasteiger partial charge is 0.323 e. The van der Waals surface area contributed by atoms with Crippen LogP contribution in [0.4, 0.5) is 0 Å². The van der Waals surface area contributed by atoms with Gasteiger partial charge in [0.1, 0.15) is 0 Å². The molecule has 2 aliphatic rings. The number of carbonyl (C=O) groups is 2. The van der Waals surface area contributed by atoms with E-state index in [0.717, 1.165) is 13.1 Å². The fourth-order valence-electron chi connectivity index (χ4n) is 2.90. The Hall–Kier alpha value is -1.23. The van der Waals surface area contributed by atoms with E-state index in [2.05, 4.69) is 10.3 Å². The predicted octanol–water partition coefficient (Wildman–Crippen LogP) is -2.07. The minimum absolute atomic E-state index is 0.0501. The number of nitrogens with zero attached hydrogens (tertiary/aromatic N) is 3. The van der Waals surface area contributed by atoms with Crippen molar-refractivity contribution < 1.29 is 22.7 Å². The summed E-state index contributed by atoms with van der Waals surface area (Å²) in [7, 11) is 0.355. The highest BCUT2D eigenvalue weighted by atomic mass is 32.2. The Kier molecular flexibility index (Phi) is 6.55. The van der Waals surface area contributed by atoms with E-state index in [1.807, 2.05) is 7.05 Å². The largest absolute Gasteiger partial charge is 0.383 e. The van der Waals surface area contributed by atoms with Gasteiger partial charge in [0, 0.05) is 45.9 Å². The molecule has 0 spiro atoms. The lowest BCUT2D eigenvalue weighted by Gasteiger charge is -2.33. The van der Waals surface area contributed by atoms with Gasteiger partial charge in [0.05, 0.1) is 18.1 Å². The lowest BCUT2D eigenvalue weighted by atomic mass is 10.2. The normalized spacial score (nSPS) is 24.7. The van der Waals surface area contributed by atoms with Crippen molar-refractivity contribution >= 4 is 21.7 Å². The van der Waals surface area contributed by atoms with E-state index in [0.29, 0.717) is 19.5 Å². The minimum Gasteiger partial charge on any atom is -0.383 e. The molecule has 138 valence electrons. The van der Waals surface area contributed by atoms with Crippen LogP contribution in [-0.2, 0) is 24.2 Å². The highest BCUT2D eigenvalue weighted by Gasteiger charge is 2.37. The summed E-state index contributed by atoms with van der Waals surface area (Å²) in [6.07, 6.45) is 0.361. The second-order valence-electron chi connectivity index (χ2n) is 6.28. The van der Waals surface area contributed by atoms with Crippen molar-refractivity contribution in [3.8, 4) is 0 Å². The molecule has 2 heterocycles. The van der Waals surface area contributed by atoms with Crippen LogP contribution in [0.25, 0.3) is 0 Å². The molecule has 2 aliphatic heterocycles. The van der Waals surface area contributed by atoms with Crippen LogP contribution in [0.5, 0.6) is 0 Å². The molecule has 24 heavy (non-hydrogen) atoms. The number of hydrogen-bond acceptors (Lipinski definition) is 7. The van der Waals surface area contributed by atoms with Crippen molar-refractivity contribution in [2.75, 3.05) is 65.0 Å². The number of hydrazine groups is 1. The van der Waals surface area contributed by atoms with Crippen molar-refractivity contribution in [3.63, 3.8) is 0 Å². The van der Waals surface area contributed by atoms with Crippen LogP contribution < -0.4 is 5.43 Å². The third-order valence-corrected chi connectivity index (χ3v) is 6.15. The predicted molar refractivity (Wildman–Crippen MR) is 87.9 cm³/mol. The van der Waals surface area contributed by atoms with E-state index in [9.17, 15) is 18.0 Å². The van der Waals surface area contributed by atoms with Crippen LogP contribution in [0.3, 0.4) is 0 Å². The third kappa shape index (κ3) is 5.13. The standard InChI is InChI=1S/C14H26N4O5S/c1-16-4-6-17(7-5-16)15-13(19)14(20)18(8-9-23-2)12-3-10-24(21,22)11-12/h12H,3-11H2,1-2H3,(H,15,19). The maximum atomic E-state index is 12.5. The second kappa shape index (κ2) is 8.24. The highest BCUT2D eigenvalue weighted by molar-refractivity contribution is 7.91. The van der Waals surface area contributed by atoms with Crippen LogP contribution in [0.1, 0.15) is 6.42 Å². The number of piperazine rings is 1. The summed E-state index contributed by atoms with van der Waals surface area (Å²) in [6, 6.07) is -0.462. The lowest BCUT2D eigenvalue weighted by molar-refractivity contribution is -0.150. The zero-order valence-electron chi connectivity index (χ0n) is 14.2. The molecule has 0 saturated carbocycles. The summed E-state index contributed by atoms with van der Waals surface area (Å²) in [6.45, 7) is 3.36. The molecule has 0 aromatic carbocycles. The molecule has 2 fully saturated rings. The van der Waals surface area contributed by atoms with E-state index >= 15 is 0 Å². The van der Waals surface area contributed by atoms with Gasteiger partial charge in [0.25, 0.3) is 0 Å². The minimum atomic E-state index is -3.14. The Balaban J connectivity index is 1.97. The first-order valence-corrected chi connectivity index (χ1v) is 9.89. The van der Waals surface area contributed by atoms with E-state index < -0.39 is 27.7 Å². The molecule has 2 saturated heterocycles. The molecule has 9 nitrogen and oxygen atoms in total. The molecule has 1 unspecified atom stereocenters. The van der Waals surface area contributed by atoms with Crippen LogP contribution in [0, 0.1) is 0 Å². The number of likely N-dealkylation sites (N-methyl/N-ethyl adjacent to an activating group) is 1. The zero-order valence-corrected chi connectivity index (χ0v) is 15.0. The summed E-state index contributed by atoms with van der Waals surface area (Å²) in [5.41, 5.74) is 2.63. The van der Waals surface area contributed by atoms with Crippen LogP contribution in [-0.4, -0.2) is 106 Å². The Bertz CT molecular complexity index is 560. The van der Waals surface area contributed by atoms with Crippen LogP contribution >= 0.6 is 0 Å². The first-order valence-electron chi connectivity index (χ1n) is 8.07. The SMILES string of the molecule is COCCN(C(=O)C(=O)NN1CCN(C)CC1)C1CCS(=O)(=O)C1. The van der Waals surface area contributed by atoms with Crippen LogP contribution in [0.15, 0.2) is 0 Å². The summed E-state index contributed by atoms with van der Waals surface area (Å²) in [5, 5.41) is 1.72. The number of ether oxygens (including phenoxy) is 1. The van der Waals surface area contributed by atoms with Gasteiger partial charge in [-0.2, -0.15) is 0 Å². The summed E-state index contributed by atoms with van der Waals surface area (Å²) < 4.78 is 28.3. The number of methoxy groups -OCH3 is 1. The highest BCUT2D eigenvalue weighted by Crippen LogP contribution is 2.18. The molecule has 0 radical (unpaired) electrons. The summed E-state index contributed by atoms with van der Waals surface area (Å²) >= 11 is 0. The Morgan fingerprint density at radius 3 is 2.46 bits per heavy atom. The molecule has 0 bridgehead atoms. The van der Waals surface area contributed by atoms with Gasteiger partial charge in [0.15, 0.2) is 9.84 Å². The maximum Gasteiger partial charge on any atom is 0.323 e. The number of amides is 2. The van der Waals surface area contributed by atoms with Crippen molar-refractivity contribution in [3.05, 3.63) is 0 Å². The van der Waals surface area contributed by atoms with Gasteiger partial charge in [0.2, 0.25) is 0 Å². The molecule has 1 atom stereocenters. The molecule has 0 aliphatic carbocycles. The quantitative estimate of drug-likeness (QED) is 0.561. The van der Waals surface area contributed by atoms with E-state index in [-0.39, 0.29) is 24.7 Å². The van der Waals surface area contributed by atoms with Crippen molar-refractivity contribution in [1.29, 1.82) is 0 Å². The zero-order chi connectivity index (χ0) is 17.7. The average molecular weight is 362 g/mol. The fourth-order valence-corrected chi connectivity index (χ4v) is 4.63. The molecular formula is C14H26N4O5S. The fraction of sp³-hybridized carbons (Fsp3) is 0.857. The van der Waals surface area contributed by atoms with E-state index in [4.69, 9.17) is 4.74 Å². The molecular weight excluding hydrogens is 336 g/mol. The first kappa shape index (κ1) is 19.1. The Labute approximate surface area is 142 Å². The first-order chi connectivity index (χ1) is 11.3. The number of hydrogen-bond donors (Lipinski definition) is 1. The Morgan fingerprint density at radius 1 is 1.25 bits per heavy atom. The van der Waals surface area contributed by atoms with Gasteiger partial charge in [-0.3, -0.25) is 15.0 Å². The van der Waals surface area contributed by atoms with Gasteiger partial charge in [-0.15, -0.1) is 0 Å². The van der Waals surface area contributed by atoms with E-state index in [1.54, 1.807) is 5.01 Å². The van der Waals surface area contributed by atoms with Gasteiger partial charge in [-0.25, -0.2) is 13.4 Å².